The summed E-state index contributed by atoms with van der Waals surface area (Å²) in [5.41, 5.74) is 0. The first-order valence-electron chi connectivity index (χ1n) is 10.3. The van der Waals surface area contributed by atoms with Crippen LogP contribution in [0.4, 0.5) is 0 Å². The normalized spacial score (nSPS) is 33.5. The molecule has 26 heavy (non-hydrogen) atoms. The Morgan fingerprint density at radius 3 is 2.73 bits per heavy atom. The van der Waals surface area contributed by atoms with Crippen LogP contribution in [-0.4, -0.2) is 45.7 Å². The van der Waals surface area contributed by atoms with Gasteiger partial charge in [0.2, 0.25) is 0 Å². The first-order chi connectivity index (χ1) is 12.4. The van der Waals surface area contributed by atoms with Crippen molar-refractivity contribution in [3.8, 4) is 0 Å². The summed E-state index contributed by atoms with van der Waals surface area (Å²) < 4.78 is 6.10. The van der Waals surface area contributed by atoms with E-state index in [4.69, 9.17) is 9.84 Å². The van der Waals surface area contributed by atoms with Gasteiger partial charge >= 0.3 is 5.97 Å². The Kier molecular flexibility index (Phi) is 8.58. The molecule has 0 radical (unpaired) electrons. The molecule has 0 bridgehead atoms. The molecular weight excluding hydrogens is 332 g/mol. The number of unbranched alkanes of at least 4 members (excludes halogenated alkanes) is 2. The fraction of sp³-hybridized carbons (Fsp3) is 0.857. The molecule has 2 fully saturated rings. The summed E-state index contributed by atoms with van der Waals surface area (Å²) in [5.74, 6) is -0.141. The Balaban J connectivity index is 1.80. The van der Waals surface area contributed by atoms with Crippen molar-refractivity contribution in [2.24, 2.45) is 17.8 Å². The van der Waals surface area contributed by atoms with Crippen LogP contribution in [0.5, 0.6) is 0 Å². The molecule has 5 nitrogen and oxygen atoms in total. The number of aliphatic hydroxyl groups is 2. The van der Waals surface area contributed by atoms with E-state index in [0.29, 0.717) is 18.8 Å². The van der Waals surface area contributed by atoms with Gasteiger partial charge in [-0.3, -0.25) is 4.79 Å². The molecule has 5 heteroatoms. The Bertz CT molecular complexity index is 463. The van der Waals surface area contributed by atoms with Crippen LogP contribution in [0.15, 0.2) is 12.2 Å². The molecule has 1 saturated carbocycles. The summed E-state index contributed by atoms with van der Waals surface area (Å²) in [5, 5.41) is 29.4. The van der Waals surface area contributed by atoms with Crippen molar-refractivity contribution < 1.29 is 24.9 Å². The van der Waals surface area contributed by atoms with Crippen molar-refractivity contribution in [3.63, 3.8) is 0 Å². The van der Waals surface area contributed by atoms with E-state index in [0.717, 1.165) is 38.5 Å². The van der Waals surface area contributed by atoms with Crippen molar-refractivity contribution in [2.45, 2.75) is 96.1 Å². The van der Waals surface area contributed by atoms with E-state index in [1.807, 2.05) is 12.2 Å². The molecule has 2 rings (SSSR count). The second kappa shape index (κ2) is 10.4. The standard InChI is InChI=1S/C21H36O5/c1-3-4-7-14(2)18(22)11-10-16-17-12-15(8-5-6-9-21(24)25)26-20(17)13-19(16)23/h10-11,14-20,22-23H,3-9,12-13H2,1-2H3,(H,24,25)/b11-10+/t14-,15?,16-,17-,18-,19-,20-/m1/s1. The molecule has 0 aromatic carbocycles. The van der Waals surface area contributed by atoms with Crippen LogP contribution >= 0.6 is 0 Å². The third-order valence-corrected chi connectivity index (χ3v) is 6.09. The molecule has 0 spiro atoms. The minimum Gasteiger partial charge on any atom is -0.481 e. The fourth-order valence-electron chi connectivity index (χ4n) is 4.41. The predicted octanol–water partition coefficient (Wildman–Crippen LogP) is 3.53. The number of aliphatic hydroxyl groups excluding tert-OH is 2. The van der Waals surface area contributed by atoms with E-state index in [9.17, 15) is 15.0 Å². The van der Waals surface area contributed by atoms with Crippen LogP contribution in [-0.2, 0) is 9.53 Å². The highest BCUT2D eigenvalue weighted by molar-refractivity contribution is 5.66. The minimum atomic E-state index is -0.741. The zero-order chi connectivity index (χ0) is 19.1. The van der Waals surface area contributed by atoms with Crippen LogP contribution in [0.2, 0.25) is 0 Å². The molecule has 1 aliphatic carbocycles. The number of carboxylic acids is 1. The highest BCUT2D eigenvalue weighted by Gasteiger charge is 2.47. The molecule has 150 valence electrons. The smallest absolute Gasteiger partial charge is 0.303 e. The zero-order valence-corrected chi connectivity index (χ0v) is 16.2. The third kappa shape index (κ3) is 6.07. The van der Waals surface area contributed by atoms with Gasteiger partial charge < -0.3 is 20.1 Å². The molecule has 1 heterocycles. The molecule has 1 unspecified atom stereocenters. The van der Waals surface area contributed by atoms with Crippen molar-refractivity contribution in [1.29, 1.82) is 0 Å². The molecule has 0 amide bonds. The lowest BCUT2D eigenvalue weighted by Gasteiger charge is -2.19. The van der Waals surface area contributed by atoms with Crippen molar-refractivity contribution in [1.82, 2.24) is 0 Å². The SMILES string of the molecule is CCCC[C@@H](C)[C@H](O)/C=C/[C@@H]1[C@H]2CC(CCCCC(=O)O)O[C@@H]2C[C@H]1O. The lowest BCUT2D eigenvalue weighted by molar-refractivity contribution is -0.137. The maximum Gasteiger partial charge on any atom is 0.303 e. The summed E-state index contributed by atoms with van der Waals surface area (Å²) in [6.45, 7) is 4.23. The Labute approximate surface area is 157 Å². The summed E-state index contributed by atoms with van der Waals surface area (Å²) in [4.78, 5) is 10.6. The Hall–Kier alpha value is -0.910. The number of rotatable bonds is 11. The van der Waals surface area contributed by atoms with Gasteiger partial charge in [-0.25, -0.2) is 0 Å². The molecule has 7 atom stereocenters. The van der Waals surface area contributed by atoms with Crippen LogP contribution in [0.3, 0.4) is 0 Å². The average molecular weight is 369 g/mol. The van der Waals surface area contributed by atoms with E-state index in [2.05, 4.69) is 13.8 Å². The van der Waals surface area contributed by atoms with Gasteiger partial charge in [0.1, 0.15) is 0 Å². The van der Waals surface area contributed by atoms with Gasteiger partial charge in [0, 0.05) is 18.8 Å². The maximum atomic E-state index is 10.6. The van der Waals surface area contributed by atoms with Crippen LogP contribution in [0, 0.1) is 17.8 Å². The lowest BCUT2D eigenvalue weighted by Crippen LogP contribution is -2.21. The molecular formula is C21H36O5. The lowest BCUT2D eigenvalue weighted by atomic mass is 9.88. The number of fused-ring (bicyclic) bond motifs is 1. The number of carboxylic acid groups (broad SMARTS) is 1. The van der Waals surface area contributed by atoms with Gasteiger partial charge in [0.05, 0.1) is 24.4 Å². The van der Waals surface area contributed by atoms with Gasteiger partial charge in [-0.2, -0.15) is 0 Å². The van der Waals surface area contributed by atoms with Gasteiger partial charge in [-0.1, -0.05) is 45.3 Å². The van der Waals surface area contributed by atoms with Crippen LogP contribution < -0.4 is 0 Å². The summed E-state index contributed by atoms with van der Waals surface area (Å²) in [6.07, 6.45) is 10.8. The molecule has 3 N–H and O–H groups in total. The summed E-state index contributed by atoms with van der Waals surface area (Å²) in [7, 11) is 0. The molecule has 0 aromatic heterocycles. The number of hydrogen-bond acceptors (Lipinski definition) is 4. The Morgan fingerprint density at radius 2 is 2.04 bits per heavy atom. The van der Waals surface area contributed by atoms with E-state index in [1.165, 1.54) is 0 Å². The monoisotopic (exact) mass is 368 g/mol. The quantitative estimate of drug-likeness (QED) is 0.384. The molecule has 1 saturated heterocycles. The molecule has 2 aliphatic rings. The van der Waals surface area contributed by atoms with E-state index >= 15 is 0 Å². The number of hydrogen-bond donors (Lipinski definition) is 3. The van der Waals surface area contributed by atoms with Crippen molar-refractivity contribution in [3.05, 3.63) is 12.2 Å². The first-order valence-corrected chi connectivity index (χ1v) is 10.3. The van der Waals surface area contributed by atoms with Crippen molar-refractivity contribution >= 4 is 5.97 Å². The van der Waals surface area contributed by atoms with E-state index in [1.54, 1.807) is 0 Å². The second-order valence-corrected chi connectivity index (χ2v) is 8.21. The highest BCUT2D eigenvalue weighted by Crippen LogP contribution is 2.45. The zero-order valence-electron chi connectivity index (χ0n) is 16.2. The van der Waals surface area contributed by atoms with E-state index < -0.39 is 18.2 Å². The largest absolute Gasteiger partial charge is 0.481 e. The fourth-order valence-corrected chi connectivity index (χ4v) is 4.41. The Morgan fingerprint density at radius 1 is 1.27 bits per heavy atom. The summed E-state index contributed by atoms with van der Waals surface area (Å²) in [6, 6.07) is 0. The maximum absolute atomic E-state index is 10.6. The third-order valence-electron chi connectivity index (χ3n) is 6.09. The minimum absolute atomic E-state index is 0.0528. The van der Waals surface area contributed by atoms with Gasteiger partial charge in [0.25, 0.3) is 0 Å². The summed E-state index contributed by atoms with van der Waals surface area (Å²) >= 11 is 0. The topological polar surface area (TPSA) is 87.0 Å². The molecule has 1 aliphatic heterocycles. The second-order valence-electron chi connectivity index (χ2n) is 8.21. The van der Waals surface area contributed by atoms with Crippen LogP contribution in [0.1, 0.15) is 71.6 Å². The molecule has 0 aromatic rings. The van der Waals surface area contributed by atoms with Crippen molar-refractivity contribution in [2.75, 3.05) is 0 Å². The number of carbonyl (C=O) groups is 1. The van der Waals surface area contributed by atoms with Gasteiger partial charge in [0.15, 0.2) is 0 Å². The van der Waals surface area contributed by atoms with Gasteiger partial charge in [-0.05, 0) is 37.5 Å². The highest BCUT2D eigenvalue weighted by atomic mass is 16.5. The van der Waals surface area contributed by atoms with E-state index in [-0.39, 0.29) is 30.5 Å². The first kappa shape index (κ1) is 21.4. The predicted molar refractivity (Wildman–Crippen MR) is 101 cm³/mol. The van der Waals surface area contributed by atoms with Crippen LogP contribution in [0.25, 0.3) is 0 Å². The number of ether oxygens (including phenoxy) is 1. The van der Waals surface area contributed by atoms with Gasteiger partial charge in [-0.15, -0.1) is 0 Å². The average Bonchev–Trinajstić information content (AvgIpc) is 3.10. The number of aliphatic carboxylic acids is 1.